The smallest absolute Gasteiger partial charge is 0.306 e. The van der Waals surface area contributed by atoms with Crippen LogP contribution in [0.2, 0.25) is 0 Å². The van der Waals surface area contributed by atoms with Crippen LogP contribution in [0.25, 0.3) is 0 Å². The minimum absolute atomic E-state index is 0.0857. The molecular weight excluding hydrogens is 973 g/mol. The second-order valence-corrected chi connectivity index (χ2v) is 22.3. The Morgan fingerprint density at radius 1 is 0.266 bits per heavy atom. The van der Waals surface area contributed by atoms with Gasteiger partial charge in [0.15, 0.2) is 6.10 Å². The van der Waals surface area contributed by atoms with Crippen LogP contribution in [0.5, 0.6) is 0 Å². The number of carbonyl (C=O) groups excluding carboxylic acids is 3. The van der Waals surface area contributed by atoms with Gasteiger partial charge in [0, 0.05) is 19.3 Å². The molecule has 0 saturated carbocycles. The molecule has 454 valence electrons. The molecule has 0 spiro atoms. The summed E-state index contributed by atoms with van der Waals surface area (Å²) in [6.07, 6.45) is 89.9. The maximum atomic E-state index is 12.9. The lowest BCUT2D eigenvalue weighted by Crippen LogP contribution is -2.30. The fraction of sp³-hybridized carbons (Fsp3) is 0.740. The minimum Gasteiger partial charge on any atom is -0.462 e. The number of ether oxygens (including phenoxy) is 3. The van der Waals surface area contributed by atoms with Crippen molar-refractivity contribution in [1.82, 2.24) is 0 Å². The van der Waals surface area contributed by atoms with E-state index in [1.807, 2.05) is 0 Å². The lowest BCUT2D eigenvalue weighted by atomic mass is 10.0. The van der Waals surface area contributed by atoms with Crippen molar-refractivity contribution in [3.63, 3.8) is 0 Å². The summed E-state index contributed by atoms with van der Waals surface area (Å²) in [4.78, 5) is 38.4. The Labute approximate surface area is 489 Å². The molecule has 6 heteroatoms. The van der Waals surface area contributed by atoms with Crippen molar-refractivity contribution in [3.05, 3.63) is 97.2 Å². The van der Waals surface area contributed by atoms with E-state index < -0.39 is 6.10 Å². The summed E-state index contributed by atoms with van der Waals surface area (Å²) in [5.41, 5.74) is 0. The van der Waals surface area contributed by atoms with Crippen LogP contribution in [0.1, 0.15) is 329 Å². The highest BCUT2D eigenvalue weighted by Crippen LogP contribution is 2.16. The zero-order chi connectivity index (χ0) is 57.1. The van der Waals surface area contributed by atoms with E-state index in [9.17, 15) is 14.4 Å². The molecule has 79 heavy (non-hydrogen) atoms. The fourth-order valence-corrected chi connectivity index (χ4v) is 9.50. The van der Waals surface area contributed by atoms with Crippen LogP contribution in [-0.4, -0.2) is 37.2 Å². The molecule has 1 unspecified atom stereocenters. The Bertz CT molecular complexity index is 1540. The highest BCUT2D eigenvalue weighted by atomic mass is 16.6. The Hall–Kier alpha value is -3.67. The van der Waals surface area contributed by atoms with Gasteiger partial charge in [-0.15, -0.1) is 0 Å². The number of carbonyl (C=O) groups is 3. The molecule has 0 aromatic carbocycles. The predicted molar refractivity (Wildman–Crippen MR) is 344 cm³/mol. The van der Waals surface area contributed by atoms with E-state index >= 15 is 0 Å². The molecule has 0 aromatic rings. The van der Waals surface area contributed by atoms with Crippen LogP contribution in [0.15, 0.2) is 97.2 Å². The number of rotatable bonds is 61. The highest BCUT2D eigenvalue weighted by Gasteiger charge is 2.19. The molecule has 6 nitrogen and oxygen atoms in total. The zero-order valence-corrected chi connectivity index (χ0v) is 52.1. The van der Waals surface area contributed by atoms with Gasteiger partial charge in [-0.3, -0.25) is 14.4 Å². The molecule has 0 aliphatic carbocycles. The van der Waals surface area contributed by atoms with Crippen molar-refractivity contribution in [2.45, 2.75) is 335 Å². The van der Waals surface area contributed by atoms with E-state index in [1.165, 1.54) is 173 Å². The van der Waals surface area contributed by atoms with Crippen LogP contribution < -0.4 is 0 Å². The first-order valence-electron chi connectivity index (χ1n) is 33.7. The standard InChI is InChI=1S/C73H126O6/c1-4-7-10-13-16-19-22-25-27-29-31-33-35-36-38-39-41-43-45-48-51-54-57-60-63-66-72(75)78-69-70(68-77-71(74)65-62-59-56-53-50-47-24-21-18-15-12-9-6-3)79-73(76)67-64-61-58-55-52-49-46-44-42-40-37-34-32-30-28-26-23-20-17-14-11-8-5-2/h7,10,16,19,21,24-25,27,30-33,36,38,41,43,70H,4-6,8-9,11-15,17-18,20,22-23,26,28-29,34-35,37,39-40,42,44-69H2,1-3H3/b10-7-,19-16-,24-21-,27-25-,32-30-,33-31-,38-36-,43-41-. The molecule has 0 aliphatic rings. The van der Waals surface area contributed by atoms with Crippen molar-refractivity contribution in [2.24, 2.45) is 0 Å². The van der Waals surface area contributed by atoms with Gasteiger partial charge in [0.05, 0.1) is 0 Å². The Morgan fingerprint density at radius 2 is 0.494 bits per heavy atom. The second-order valence-electron chi connectivity index (χ2n) is 22.3. The number of unbranched alkanes of at least 4 members (excludes halogenated alkanes) is 34. The van der Waals surface area contributed by atoms with Gasteiger partial charge in [0.25, 0.3) is 0 Å². The summed E-state index contributed by atoms with van der Waals surface area (Å²) in [5.74, 6) is -0.897. The topological polar surface area (TPSA) is 78.9 Å². The third kappa shape index (κ3) is 65.0. The van der Waals surface area contributed by atoms with E-state index in [4.69, 9.17) is 14.2 Å². The van der Waals surface area contributed by atoms with Gasteiger partial charge in [0.2, 0.25) is 0 Å². The lowest BCUT2D eigenvalue weighted by molar-refractivity contribution is -0.167. The van der Waals surface area contributed by atoms with E-state index in [-0.39, 0.29) is 31.1 Å². The SMILES string of the molecule is CC/C=C\C/C=C\C/C=C\C/C=C\C/C=C\C/C=C\CCCCCCCCC(=O)OCC(COC(=O)CCCCCCC/C=C\CCCCCC)OC(=O)CCCCCCCCCCCCC/C=C\CCCCCCCCCC. The first kappa shape index (κ1) is 75.3. The number of esters is 3. The number of allylic oxidation sites excluding steroid dienone is 16. The molecule has 0 N–H and O–H groups in total. The van der Waals surface area contributed by atoms with Gasteiger partial charge in [-0.05, 0) is 122 Å². The van der Waals surface area contributed by atoms with E-state index in [0.717, 1.165) is 116 Å². The predicted octanol–water partition coefficient (Wildman–Crippen LogP) is 23.2. The Kier molecular flexibility index (Phi) is 63.7. The first-order chi connectivity index (χ1) is 39.0. The molecule has 0 heterocycles. The monoisotopic (exact) mass is 1100 g/mol. The van der Waals surface area contributed by atoms with E-state index in [1.54, 1.807) is 0 Å². The van der Waals surface area contributed by atoms with Crippen molar-refractivity contribution in [1.29, 1.82) is 0 Å². The molecule has 1 atom stereocenters. The van der Waals surface area contributed by atoms with E-state index in [2.05, 4.69) is 118 Å². The second kappa shape index (κ2) is 66.8. The maximum Gasteiger partial charge on any atom is 0.306 e. The molecule has 0 fully saturated rings. The molecule has 0 saturated heterocycles. The summed E-state index contributed by atoms with van der Waals surface area (Å²) in [5, 5.41) is 0. The van der Waals surface area contributed by atoms with Gasteiger partial charge in [-0.25, -0.2) is 0 Å². The summed E-state index contributed by atoms with van der Waals surface area (Å²) in [7, 11) is 0. The fourth-order valence-electron chi connectivity index (χ4n) is 9.50. The summed E-state index contributed by atoms with van der Waals surface area (Å²) in [6.45, 7) is 6.52. The first-order valence-corrected chi connectivity index (χ1v) is 33.7. The van der Waals surface area contributed by atoms with Crippen LogP contribution >= 0.6 is 0 Å². The molecule has 0 aliphatic heterocycles. The van der Waals surface area contributed by atoms with Crippen LogP contribution in [0.4, 0.5) is 0 Å². The van der Waals surface area contributed by atoms with Gasteiger partial charge in [-0.1, -0.05) is 285 Å². The van der Waals surface area contributed by atoms with Crippen molar-refractivity contribution < 1.29 is 28.6 Å². The van der Waals surface area contributed by atoms with Crippen molar-refractivity contribution in [2.75, 3.05) is 13.2 Å². The zero-order valence-electron chi connectivity index (χ0n) is 52.1. The van der Waals surface area contributed by atoms with Crippen LogP contribution in [-0.2, 0) is 28.6 Å². The Balaban J connectivity index is 4.35. The third-order valence-corrected chi connectivity index (χ3v) is 14.5. The summed E-state index contributed by atoms with van der Waals surface area (Å²) >= 11 is 0. The van der Waals surface area contributed by atoms with Crippen LogP contribution in [0.3, 0.4) is 0 Å². The molecule has 0 aromatic heterocycles. The highest BCUT2D eigenvalue weighted by molar-refractivity contribution is 5.71. The number of hydrogen-bond acceptors (Lipinski definition) is 6. The molecule has 0 amide bonds. The van der Waals surface area contributed by atoms with Gasteiger partial charge in [0.1, 0.15) is 13.2 Å². The molecule has 0 radical (unpaired) electrons. The average molecular weight is 1100 g/mol. The maximum absolute atomic E-state index is 12.9. The third-order valence-electron chi connectivity index (χ3n) is 14.5. The van der Waals surface area contributed by atoms with Crippen LogP contribution in [0, 0.1) is 0 Å². The van der Waals surface area contributed by atoms with Gasteiger partial charge in [-0.2, -0.15) is 0 Å². The summed E-state index contributed by atoms with van der Waals surface area (Å²) < 4.78 is 16.9. The van der Waals surface area contributed by atoms with E-state index in [0.29, 0.717) is 19.3 Å². The van der Waals surface area contributed by atoms with Gasteiger partial charge < -0.3 is 14.2 Å². The minimum atomic E-state index is -0.790. The lowest BCUT2D eigenvalue weighted by Gasteiger charge is -2.18. The number of hydrogen-bond donors (Lipinski definition) is 0. The molecule has 0 rings (SSSR count). The van der Waals surface area contributed by atoms with Gasteiger partial charge >= 0.3 is 17.9 Å². The van der Waals surface area contributed by atoms with Crippen molar-refractivity contribution >= 4 is 17.9 Å². The summed E-state index contributed by atoms with van der Waals surface area (Å²) in [6, 6.07) is 0. The average Bonchev–Trinajstić information content (AvgIpc) is 3.45. The van der Waals surface area contributed by atoms with Crippen molar-refractivity contribution in [3.8, 4) is 0 Å². The quantitative estimate of drug-likeness (QED) is 0.0261. The molecular formula is C73H126O6. The Morgan fingerprint density at radius 3 is 0.797 bits per heavy atom. The normalized spacial score (nSPS) is 12.7. The molecule has 0 bridgehead atoms. The largest absolute Gasteiger partial charge is 0.462 e.